The molecule has 0 radical (unpaired) electrons. The van der Waals surface area contributed by atoms with Crippen LogP contribution < -0.4 is 10.2 Å². The number of halogens is 1. The van der Waals surface area contributed by atoms with Gasteiger partial charge in [-0.3, -0.25) is 19.7 Å². The Bertz CT molecular complexity index is 930. The van der Waals surface area contributed by atoms with Crippen molar-refractivity contribution in [3.63, 3.8) is 0 Å². The highest BCUT2D eigenvalue weighted by atomic mass is 79.9. The van der Waals surface area contributed by atoms with Crippen LogP contribution in [0.5, 0.6) is 0 Å². The second-order valence-electron chi connectivity index (χ2n) is 6.52. The summed E-state index contributed by atoms with van der Waals surface area (Å²) in [7, 11) is 4.84. The predicted octanol–water partition coefficient (Wildman–Crippen LogP) is 3.44. The summed E-state index contributed by atoms with van der Waals surface area (Å²) in [5.41, 5.74) is 1.91. The second-order valence-corrected chi connectivity index (χ2v) is 7.44. The van der Waals surface area contributed by atoms with E-state index in [0.29, 0.717) is 11.4 Å². The Kier molecular flexibility index (Phi) is 6.74. The van der Waals surface area contributed by atoms with Crippen molar-refractivity contribution < 1.29 is 14.5 Å². The van der Waals surface area contributed by atoms with Gasteiger partial charge < -0.3 is 15.1 Å². The zero-order valence-electron chi connectivity index (χ0n) is 16.0. The van der Waals surface area contributed by atoms with Crippen molar-refractivity contribution >= 4 is 44.8 Å². The Balaban J connectivity index is 2.12. The molecular weight excluding hydrogens is 428 g/mol. The molecule has 0 aliphatic rings. The van der Waals surface area contributed by atoms with E-state index in [0.717, 1.165) is 10.0 Å². The van der Waals surface area contributed by atoms with Crippen LogP contribution in [0.15, 0.2) is 40.9 Å². The minimum atomic E-state index is -0.533. The number of anilines is 2. The maximum absolute atomic E-state index is 12.6. The Morgan fingerprint density at radius 2 is 1.82 bits per heavy atom. The van der Waals surface area contributed by atoms with Gasteiger partial charge in [0.05, 0.1) is 11.5 Å². The van der Waals surface area contributed by atoms with E-state index in [1.807, 2.05) is 19.1 Å². The zero-order valence-corrected chi connectivity index (χ0v) is 17.6. The third-order valence-corrected chi connectivity index (χ3v) is 4.58. The minimum absolute atomic E-state index is 0.146. The van der Waals surface area contributed by atoms with Gasteiger partial charge in [0.15, 0.2) is 0 Å². The van der Waals surface area contributed by atoms with Gasteiger partial charge in [0.1, 0.15) is 5.69 Å². The van der Waals surface area contributed by atoms with Gasteiger partial charge in [-0.1, -0.05) is 15.9 Å². The number of hydrogen-bond acceptors (Lipinski definition) is 5. The van der Waals surface area contributed by atoms with E-state index in [1.165, 1.54) is 30.1 Å². The van der Waals surface area contributed by atoms with Gasteiger partial charge in [0, 0.05) is 42.9 Å². The third-order valence-electron chi connectivity index (χ3n) is 4.09. The molecule has 2 aromatic carbocycles. The molecule has 9 heteroatoms. The van der Waals surface area contributed by atoms with E-state index < -0.39 is 10.8 Å². The summed E-state index contributed by atoms with van der Waals surface area (Å²) >= 11 is 3.36. The zero-order chi connectivity index (χ0) is 21.0. The lowest BCUT2D eigenvalue weighted by Gasteiger charge is -2.18. The fraction of sp³-hybridized carbons (Fsp3) is 0.263. The molecule has 8 nitrogen and oxygen atoms in total. The topological polar surface area (TPSA) is 95.8 Å². The van der Waals surface area contributed by atoms with Crippen molar-refractivity contribution in [1.82, 2.24) is 4.90 Å². The number of rotatable bonds is 6. The lowest BCUT2D eigenvalue weighted by molar-refractivity contribution is -0.384. The van der Waals surface area contributed by atoms with Gasteiger partial charge >= 0.3 is 0 Å². The molecule has 0 aliphatic carbocycles. The maximum atomic E-state index is 12.6. The third kappa shape index (κ3) is 5.07. The monoisotopic (exact) mass is 448 g/mol. The van der Waals surface area contributed by atoms with Crippen LogP contribution in [0.25, 0.3) is 0 Å². The number of carbonyl (C=O) groups excluding carboxylic acids is 2. The van der Waals surface area contributed by atoms with Crippen LogP contribution in [-0.4, -0.2) is 49.3 Å². The number of hydrogen-bond donors (Lipinski definition) is 1. The molecule has 0 heterocycles. The van der Waals surface area contributed by atoms with Crippen molar-refractivity contribution in [2.75, 3.05) is 37.9 Å². The summed E-state index contributed by atoms with van der Waals surface area (Å²) < 4.78 is 0.901. The average Bonchev–Trinajstić information content (AvgIpc) is 2.62. The molecule has 2 aromatic rings. The highest BCUT2D eigenvalue weighted by molar-refractivity contribution is 9.10. The summed E-state index contributed by atoms with van der Waals surface area (Å²) in [5, 5.41) is 14.1. The molecule has 0 aliphatic heterocycles. The fourth-order valence-corrected chi connectivity index (χ4v) is 3.12. The van der Waals surface area contributed by atoms with Crippen molar-refractivity contribution in [3.05, 3.63) is 62.1 Å². The first-order chi connectivity index (χ1) is 13.1. The van der Waals surface area contributed by atoms with E-state index in [2.05, 4.69) is 21.2 Å². The number of nitrogens with one attached hydrogen (secondary N) is 1. The molecule has 0 saturated heterocycles. The first-order valence-electron chi connectivity index (χ1n) is 8.37. The SMILES string of the molecule is Cc1cc(Br)ccc1NC(=O)CN(C)C(=O)c1ccc(N(C)C)c([N+](=O)[O-])c1. The Morgan fingerprint density at radius 3 is 2.39 bits per heavy atom. The predicted molar refractivity (Wildman–Crippen MR) is 112 cm³/mol. The minimum Gasteiger partial charge on any atom is -0.372 e. The number of nitrogens with zero attached hydrogens (tertiary/aromatic N) is 3. The number of aryl methyl sites for hydroxylation is 1. The van der Waals surface area contributed by atoms with Crippen LogP contribution in [0.3, 0.4) is 0 Å². The molecule has 1 N–H and O–H groups in total. The number of benzene rings is 2. The van der Waals surface area contributed by atoms with Crippen molar-refractivity contribution in [2.24, 2.45) is 0 Å². The molecule has 0 aromatic heterocycles. The Labute approximate surface area is 171 Å². The smallest absolute Gasteiger partial charge is 0.293 e. The largest absolute Gasteiger partial charge is 0.372 e. The number of carbonyl (C=O) groups is 2. The summed E-state index contributed by atoms with van der Waals surface area (Å²) in [5.74, 6) is -0.836. The molecule has 2 amide bonds. The van der Waals surface area contributed by atoms with Crippen LogP contribution in [-0.2, 0) is 4.79 Å². The first-order valence-corrected chi connectivity index (χ1v) is 9.16. The average molecular weight is 449 g/mol. The van der Waals surface area contributed by atoms with Crippen molar-refractivity contribution in [3.8, 4) is 0 Å². The Hall–Kier alpha value is -2.94. The molecule has 28 heavy (non-hydrogen) atoms. The number of nitro groups is 1. The van der Waals surface area contributed by atoms with Gasteiger partial charge in [-0.05, 0) is 42.8 Å². The van der Waals surface area contributed by atoms with E-state index in [9.17, 15) is 19.7 Å². The molecule has 0 bridgehead atoms. The molecule has 0 atom stereocenters. The van der Waals surface area contributed by atoms with Crippen molar-refractivity contribution in [1.29, 1.82) is 0 Å². The molecule has 0 unspecified atom stereocenters. The lowest BCUT2D eigenvalue weighted by atomic mass is 10.1. The molecule has 0 saturated carbocycles. The van der Waals surface area contributed by atoms with Crippen LogP contribution in [0.2, 0.25) is 0 Å². The van der Waals surface area contributed by atoms with E-state index in [1.54, 1.807) is 25.1 Å². The molecule has 2 rings (SSSR count). The summed E-state index contributed by atoms with van der Waals surface area (Å²) in [4.78, 5) is 38.5. The highest BCUT2D eigenvalue weighted by Crippen LogP contribution is 2.28. The van der Waals surface area contributed by atoms with Gasteiger partial charge in [-0.25, -0.2) is 0 Å². The number of likely N-dealkylation sites (N-methyl/N-ethyl adjacent to an activating group) is 1. The lowest BCUT2D eigenvalue weighted by Crippen LogP contribution is -2.35. The standard InChI is InChI=1S/C19H21BrN4O4/c1-12-9-14(20)6-7-15(12)21-18(25)11-23(4)19(26)13-5-8-16(22(2)3)17(10-13)24(27)28/h5-10H,11H2,1-4H3,(H,21,25). The highest BCUT2D eigenvalue weighted by Gasteiger charge is 2.21. The number of nitro benzene ring substituents is 1. The van der Waals surface area contributed by atoms with Crippen LogP contribution in [0, 0.1) is 17.0 Å². The molecule has 0 spiro atoms. The van der Waals surface area contributed by atoms with Gasteiger partial charge in [-0.2, -0.15) is 0 Å². The fourth-order valence-electron chi connectivity index (χ4n) is 2.65. The van der Waals surface area contributed by atoms with Crippen LogP contribution >= 0.6 is 15.9 Å². The van der Waals surface area contributed by atoms with Gasteiger partial charge in [0.25, 0.3) is 11.6 Å². The van der Waals surface area contributed by atoms with Gasteiger partial charge in [0.2, 0.25) is 5.91 Å². The normalized spacial score (nSPS) is 10.3. The second kappa shape index (κ2) is 8.83. The first kappa shape index (κ1) is 21.4. The molecule has 148 valence electrons. The summed E-state index contributed by atoms with van der Waals surface area (Å²) in [6, 6.07) is 9.70. The van der Waals surface area contributed by atoms with E-state index >= 15 is 0 Å². The summed E-state index contributed by atoms with van der Waals surface area (Å²) in [6.07, 6.45) is 0. The quantitative estimate of drug-likeness (QED) is 0.539. The summed E-state index contributed by atoms with van der Waals surface area (Å²) in [6.45, 7) is 1.68. The molecule has 0 fully saturated rings. The number of amides is 2. The van der Waals surface area contributed by atoms with E-state index in [4.69, 9.17) is 0 Å². The maximum Gasteiger partial charge on any atom is 0.293 e. The molecular formula is C19H21BrN4O4. The van der Waals surface area contributed by atoms with Crippen LogP contribution in [0.4, 0.5) is 17.1 Å². The Morgan fingerprint density at radius 1 is 1.14 bits per heavy atom. The van der Waals surface area contributed by atoms with Gasteiger partial charge in [-0.15, -0.1) is 0 Å². The van der Waals surface area contributed by atoms with Crippen molar-refractivity contribution in [2.45, 2.75) is 6.92 Å². The van der Waals surface area contributed by atoms with Crippen LogP contribution in [0.1, 0.15) is 15.9 Å². The van der Waals surface area contributed by atoms with E-state index in [-0.39, 0.29) is 23.7 Å².